The van der Waals surface area contributed by atoms with Gasteiger partial charge in [-0.15, -0.1) is 0 Å². The van der Waals surface area contributed by atoms with E-state index < -0.39 is 11.9 Å². The van der Waals surface area contributed by atoms with E-state index in [9.17, 15) is 9.59 Å². The standard InChI is InChI=1S/C30H18O3/c31-29(27-17-9-7-15-25(27)21-19-23-11-3-1-4-12-23)33-30(32)28-18-10-8-16-26(28)22-20-24-13-5-2-6-14-24/h1-18H. The van der Waals surface area contributed by atoms with Crippen molar-refractivity contribution < 1.29 is 14.3 Å². The molecular formula is C30H18O3. The van der Waals surface area contributed by atoms with Gasteiger partial charge in [0.15, 0.2) is 0 Å². The lowest BCUT2D eigenvalue weighted by atomic mass is 10.1. The molecule has 3 heteroatoms. The lowest BCUT2D eigenvalue weighted by molar-refractivity contribution is 0.0397. The number of ether oxygens (including phenoxy) is 1. The molecule has 0 aliphatic carbocycles. The number of hydrogen-bond acceptors (Lipinski definition) is 3. The zero-order chi connectivity index (χ0) is 22.9. The molecule has 4 aromatic carbocycles. The minimum atomic E-state index is -0.760. The summed E-state index contributed by atoms with van der Waals surface area (Å²) in [6.07, 6.45) is 0. The van der Waals surface area contributed by atoms with E-state index in [-0.39, 0.29) is 11.1 Å². The van der Waals surface area contributed by atoms with Gasteiger partial charge in [0.1, 0.15) is 0 Å². The Morgan fingerprint density at radius 3 is 1.24 bits per heavy atom. The Hall–Kier alpha value is -4.86. The molecule has 4 aromatic rings. The smallest absolute Gasteiger partial charge is 0.347 e. The molecule has 0 heterocycles. The lowest BCUT2D eigenvalue weighted by Gasteiger charge is -2.06. The lowest BCUT2D eigenvalue weighted by Crippen LogP contribution is -2.15. The normalized spacial score (nSPS) is 9.58. The van der Waals surface area contributed by atoms with Crippen molar-refractivity contribution in [1.29, 1.82) is 0 Å². The second-order valence-electron chi connectivity index (χ2n) is 7.00. The molecule has 33 heavy (non-hydrogen) atoms. The first kappa shape index (κ1) is 21.4. The van der Waals surface area contributed by atoms with Crippen molar-refractivity contribution in [3.8, 4) is 23.7 Å². The summed E-state index contributed by atoms with van der Waals surface area (Å²) < 4.78 is 5.19. The minimum absolute atomic E-state index is 0.224. The van der Waals surface area contributed by atoms with E-state index in [1.54, 1.807) is 48.5 Å². The van der Waals surface area contributed by atoms with Gasteiger partial charge in [0.05, 0.1) is 11.1 Å². The Morgan fingerprint density at radius 1 is 0.455 bits per heavy atom. The Balaban J connectivity index is 1.56. The predicted octanol–water partition coefficient (Wildman–Crippen LogP) is 5.48. The van der Waals surface area contributed by atoms with Crippen molar-refractivity contribution in [3.63, 3.8) is 0 Å². The Morgan fingerprint density at radius 2 is 0.818 bits per heavy atom. The van der Waals surface area contributed by atoms with Gasteiger partial charge in [0, 0.05) is 22.3 Å². The summed E-state index contributed by atoms with van der Waals surface area (Å²) in [5.74, 6) is 10.5. The number of carbonyl (C=O) groups is 2. The van der Waals surface area contributed by atoms with Crippen molar-refractivity contribution in [2.24, 2.45) is 0 Å². The molecule has 0 aliphatic heterocycles. The zero-order valence-corrected chi connectivity index (χ0v) is 17.6. The predicted molar refractivity (Wildman–Crippen MR) is 127 cm³/mol. The van der Waals surface area contributed by atoms with Crippen LogP contribution in [-0.4, -0.2) is 11.9 Å². The van der Waals surface area contributed by atoms with Gasteiger partial charge in [-0.05, 0) is 48.5 Å². The summed E-state index contributed by atoms with van der Waals surface area (Å²) in [5.41, 5.74) is 3.06. The van der Waals surface area contributed by atoms with Crippen LogP contribution in [0.2, 0.25) is 0 Å². The fourth-order valence-corrected chi connectivity index (χ4v) is 3.06. The van der Waals surface area contributed by atoms with Gasteiger partial charge in [0.2, 0.25) is 0 Å². The van der Waals surface area contributed by atoms with Crippen LogP contribution in [0.5, 0.6) is 0 Å². The first-order chi connectivity index (χ1) is 16.2. The highest BCUT2D eigenvalue weighted by Gasteiger charge is 2.19. The monoisotopic (exact) mass is 426 g/mol. The van der Waals surface area contributed by atoms with Crippen molar-refractivity contribution in [2.75, 3.05) is 0 Å². The van der Waals surface area contributed by atoms with Crippen LogP contribution in [0.25, 0.3) is 0 Å². The third-order valence-corrected chi connectivity index (χ3v) is 4.71. The highest BCUT2D eigenvalue weighted by atomic mass is 16.6. The average molecular weight is 426 g/mol. The summed E-state index contributed by atoms with van der Waals surface area (Å²) in [7, 11) is 0. The van der Waals surface area contributed by atoms with E-state index in [0.29, 0.717) is 11.1 Å². The molecule has 0 aliphatic rings. The molecule has 0 N–H and O–H groups in total. The van der Waals surface area contributed by atoms with E-state index in [0.717, 1.165) is 11.1 Å². The maximum absolute atomic E-state index is 12.8. The molecule has 0 saturated carbocycles. The van der Waals surface area contributed by atoms with Gasteiger partial charge >= 0.3 is 11.9 Å². The third-order valence-electron chi connectivity index (χ3n) is 4.71. The van der Waals surface area contributed by atoms with Crippen LogP contribution in [0.1, 0.15) is 43.0 Å². The van der Waals surface area contributed by atoms with Crippen molar-refractivity contribution >= 4 is 11.9 Å². The first-order valence-corrected chi connectivity index (χ1v) is 10.3. The molecule has 0 fully saturated rings. The number of hydrogen-bond donors (Lipinski definition) is 0. The van der Waals surface area contributed by atoms with Gasteiger partial charge < -0.3 is 4.74 Å². The van der Waals surface area contributed by atoms with Gasteiger partial charge in [-0.1, -0.05) is 84.3 Å². The molecule has 0 unspecified atom stereocenters. The molecule has 0 radical (unpaired) electrons. The molecule has 4 rings (SSSR count). The Labute approximate surface area is 192 Å². The molecule has 0 spiro atoms. The summed E-state index contributed by atoms with van der Waals surface area (Å²) in [5, 5.41) is 0. The van der Waals surface area contributed by atoms with Crippen LogP contribution >= 0.6 is 0 Å². The summed E-state index contributed by atoms with van der Waals surface area (Å²) in [6.45, 7) is 0. The molecule has 0 atom stereocenters. The van der Waals surface area contributed by atoms with Crippen molar-refractivity contribution in [2.45, 2.75) is 0 Å². The van der Waals surface area contributed by atoms with Crippen molar-refractivity contribution in [3.05, 3.63) is 143 Å². The van der Waals surface area contributed by atoms with E-state index in [2.05, 4.69) is 23.7 Å². The molecular weight excluding hydrogens is 408 g/mol. The topological polar surface area (TPSA) is 43.4 Å². The van der Waals surface area contributed by atoms with E-state index in [1.807, 2.05) is 60.7 Å². The molecule has 3 nitrogen and oxygen atoms in total. The van der Waals surface area contributed by atoms with E-state index in [4.69, 9.17) is 4.74 Å². The summed E-state index contributed by atoms with van der Waals surface area (Å²) in [4.78, 5) is 25.6. The van der Waals surface area contributed by atoms with Crippen LogP contribution in [0.15, 0.2) is 109 Å². The number of esters is 2. The largest absolute Gasteiger partial charge is 0.386 e. The van der Waals surface area contributed by atoms with Gasteiger partial charge in [0.25, 0.3) is 0 Å². The van der Waals surface area contributed by atoms with Crippen LogP contribution in [0.4, 0.5) is 0 Å². The van der Waals surface area contributed by atoms with Gasteiger partial charge in [-0.2, -0.15) is 0 Å². The van der Waals surface area contributed by atoms with Gasteiger partial charge in [-0.25, -0.2) is 9.59 Å². The van der Waals surface area contributed by atoms with E-state index >= 15 is 0 Å². The first-order valence-electron chi connectivity index (χ1n) is 10.3. The molecule has 156 valence electrons. The Kier molecular flexibility index (Phi) is 6.76. The van der Waals surface area contributed by atoms with Crippen molar-refractivity contribution in [1.82, 2.24) is 0 Å². The number of carbonyl (C=O) groups excluding carboxylic acids is 2. The second-order valence-corrected chi connectivity index (χ2v) is 7.00. The maximum atomic E-state index is 12.8. The second kappa shape index (κ2) is 10.4. The fraction of sp³-hybridized carbons (Fsp3) is 0. The summed E-state index contributed by atoms with van der Waals surface area (Å²) in [6, 6.07) is 32.5. The molecule has 0 aromatic heterocycles. The molecule has 0 saturated heterocycles. The van der Waals surface area contributed by atoms with Crippen LogP contribution in [0.3, 0.4) is 0 Å². The quantitative estimate of drug-likeness (QED) is 0.242. The maximum Gasteiger partial charge on any atom is 0.347 e. The highest BCUT2D eigenvalue weighted by Crippen LogP contribution is 2.14. The van der Waals surface area contributed by atoms with Crippen LogP contribution in [-0.2, 0) is 4.74 Å². The SMILES string of the molecule is O=C(OC(=O)c1ccccc1C#Cc1ccccc1)c1ccccc1C#Cc1ccccc1. The zero-order valence-electron chi connectivity index (χ0n) is 17.6. The average Bonchev–Trinajstić information content (AvgIpc) is 2.87. The summed E-state index contributed by atoms with van der Waals surface area (Å²) >= 11 is 0. The van der Waals surface area contributed by atoms with Crippen LogP contribution < -0.4 is 0 Å². The third kappa shape index (κ3) is 5.64. The van der Waals surface area contributed by atoms with Gasteiger partial charge in [-0.3, -0.25) is 0 Å². The molecule has 0 amide bonds. The number of rotatable bonds is 2. The highest BCUT2D eigenvalue weighted by molar-refractivity contribution is 6.04. The molecule has 0 bridgehead atoms. The minimum Gasteiger partial charge on any atom is -0.386 e. The van der Waals surface area contributed by atoms with E-state index in [1.165, 1.54) is 0 Å². The van der Waals surface area contributed by atoms with Crippen LogP contribution in [0, 0.1) is 23.7 Å². The Bertz CT molecular complexity index is 1300. The number of benzene rings is 4. The fourth-order valence-electron chi connectivity index (χ4n) is 3.06.